The van der Waals surface area contributed by atoms with Gasteiger partial charge in [0.2, 0.25) is 0 Å². The molecule has 2 aromatic carbocycles. The monoisotopic (exact) mass is 195 g/mol. The summed E-state index contributed by atoms with van der Waals surface area (Å²) in [6.07, 6.45) is 1.70. The second-order valence-electron chi connectivity index (χ2n) is 3.26. The van der Waals surface area contributed by atoms with Crippen molar-refractivity contribution in [2.24, 2.45) is 0 Å². The highest BCUT2D eigenvalue weighted by Crippen LogP contribution is 2.27. The van der Waals surface area contributed by atoms with Crippen LogP contribution < -0.4 is 5.32 Å². The summed E-state index contributed by atoms with van der Waals surface area (Å²) < 4.78 is 0. The van der Waals surface area contributed by atoms with Crippen molar-refractivity contribution in [1.82, 2.24) is 0 Å². The van der Waals surface area contributed by atoms with Crippen molar-refractivity contribution in [3.8, 4) is 11.1 Å². The molecule has 15 heavy (non-hydrogen) atoms. The normalized spacial score (nSPS) is 9.60. The standard InChI is InChI=1S/C14H13N/c1-2-15-14-11-7-6-10-13(14)12-8-4-3-5-9-12/h2-11,15H,1H2. The topological polar surface area (TPSA) is 12.0 Å². The van der Waals surface area contributed by atoms with Crippen molar-refractivity contribution in [1.29, 1.82) is 0 Å². The Hall–Kier alpha value is -2.02. The van der Waals surface area contributed by atoms with E-state index in [0.29, 0.717) is 0 Å². The minimum absolute atomic E-state index is 1.08. The summed E-state index contributed by atoms with van der Waals surface area (Å²) >= 11 is 0. The van der Waals surface area contributed by atoms with Crippen LogP contribution in [0.4, 0.5) is 5.69 Å². The van der Waals surface area contributed by atoms with Gasteiger partial charge in [-0.05, 0) is 17.8 Å². The number of nitrogens with one attached hydrogen (secondary N) is 1. The second kappa shape index (κ2) is 4.47. The minimum atomic E-state index is 1.08. The number of rotatable bonds is 3. The number of anilines is 1. The van der Waals surface area contributed by atoms with Gasteiger partial charge in [-0.2, -0.15) is 0 Å². The third-order valence-electron chi connectivity index (χ3n) is 2.27. The first-order valence-electron chi connectivity index (χ1n) is 4.93. The Bertz CT molecular complexity index is 446. The molecule has 0 heterocycles. The van der Waals surface area contributed by atoms with Crippen LogP contribution in [0.2, 0.25) is 0 Å². The number of hydrogen-bond acceptors (Lipinski definition) is 1. The summed E-state index contributed by atoms with van der Waals surface area (Å²) in [6.45, 7) is 3.68. The van der Waals surface area contributed by atoms with E-state index in [2.05, 4.69) is 30.1 Å². The maximum atomic E-state index is 3.68. The fourth-order valence-electron chi connectivity index (χ4n) is 1.59. The van der Waals surface area contributed by atoms with Crippen LogP contribution in [0.15, 0.2) is 67.4 Å². The average Bonchev–Trinajstić information content (AvgIpc) is 2.31. The van der Waals surface area contributed by atoms with Crippen LogP contribution in [0, 0.1) is 0 Å². The second-order valence-corrected chi connectivity index (χ2v) is 3.26. The van der Waals surface area contributed by atoms with Gasteiger partial charge in [0.05, 0.1) is 0 Å². The molecule has 0 unspecified atom stereocenters. The van der Waals surface area contributed by atoms with E-state index < -0.39 is 0 Å². The molecule has 2 aromatic rings. The van der Waals surface area contributed by atoms with E-state index in [1.165, 1.54) is 11.1 Å². The van der Waals surface area contributed by atoms with Gasteiger partial charge >= 0.3 is 0 Å². The zero-order valence-corrected chi connectivity index (χ0v) is 8.48. The maximum absolute atomic E-state index is 3.68. The highest BCUT2D eigenvalue weighted by atomic mass is 14.8. The van der Waals surface area contributed by atoms with Crippen molar-refractivity contribution in [3.05, 3.63) is 67.4 Å². The molecule has 0 atom stereocenters. The van der Waals surface area contributed by atoms with Gasteiger partial charge in [-0.25, -0.2) is 0 Å². The smallest absolute Gasteiger partial charge is 0.0459 e. The first-order valence-corrected chi connectivity index (χ1v) is 4.93. The lowest BCUT2D eigenvalue weighted by Gasteiger charge is -2.08. The molecular weight excluding hydrogens is 182 g/mol. The van der Waals surface area contributed by atoms with Crippen molar-refractivity contribution in [3.63, 3.8) is 0 Å². The lowest BCUT2D eigenvalue weighted by Crippen LogP contribution is -1.89. The van der Waals surface area contributed by atoms with E-state index in [1.54, 1.807) is 6.20 Å². The molecule has 0 saturated heterocycles. The summed E-state index contributed by atoms with van der Waals surface area (Å²) in [5, 5.41) is 3.14. The molecule has 0 amide bonds. The fourth-order valence-corrected chi connectivity index (χ4v) is 1.59. The zero-order valence-electron chi connectivity index (χ0n) is 8.48. The Labute approximate surface area is 90.1 Å². The van der Waals surface area contributed by atoms with Crippen LogP contribution in [-0.2, 0) is 0 Å². The van der Waals surface area contributed by atoms with E-state index >= 15 is 0 Å². The lowest BCUT2D eigenvalue weighted by atomic mass is 10.0. The number of para-hydroxylation sites is 1. The molecule has 74 valence electrons. The molecule has 1 N–H and O–H groups in total. The quantitative estimate of drug-likeness (QED) is 0.783. The molecule has 0 aromatic heterocycles. The van der Waals surface area contributed by atoms with E-state index in [-0.39, 0.29) is 0 Å². The van der Waals surface area contributed by atoms with E-state index in [0.717, 1.165) is 5.69 Å². The third-order valence-corrected chi connectivity index (χ3v) is 2.27. The van der Waals surface area contributed by atoms with E-state index in [9.17, 15) is 0 Å². The summed E-state index contributed by atoms with van der Waals surface area (Å²) in [6, 6.07) is 18.5. The highest BCUT2D eigenvalue weighted by Gasteiger charge is 2.01. The Balaban J connectivity index is 2.48. The average molecular weight is 195 g/mol. The van der Waals surface area contributed by atoms with Crippen LogP contribution in [0.5, 0.6) is 0 Å². The van der Waals surface area contributed by atoms with Crippen molar-refractivity contribution >= 4 is 5.69 Å². The van der Waals surface area contributed by atoms with E-state index in [4.69, 9.17) is 0 Å². The van der Waals surface area contributed by atoms with E-state index in [1.807, 2.05) is 36.4 Å². The van der Waals surface area contributed by atoms with Crippen LogP contribution in [0.25, 0.3) is 11.1 Å². The summed E-state index contributed by atoms with van der Waals surface area (Å²) in [5.41, 5.74) is 3.49. The first kappa shape index (κ1) is 9.53. The Morgan fingerprint density at radius 3 is 2.27 bits per heavy atom. The fraction of sp³-hybridized carbons (Fsp3) is 0. The molecule has 1 nitrogen and oxygen atoms in total. The van der Waals surface area contributed by atoms with Crippen molar-refractivity contribution < 1.29 is 0 Å². The molecule has 0 saturated carbocycles. The Morgan fingerprint density at radius 1 is 0.867 bits per heavy atom. The van der Waals surface area contributed by atoms with Gasteiger partial charge in [-0.1, -0.05) is 55.1 Å². The third kappa shape index (κ3) is 2.08. The summed E-state index contributed by atoms with van der Waals surface area (Å²) in [4.78, 5) is 0. The molecular formula is C14H13N. The highest BCUT2D eigenvalue weighted by molar-refractivity contribution is 5.78. The van der Waals surface area contributed by atoms with Crippen molar-refractivity contribution in [2.45, 2.75) is 0 Å². The molecule has 0 aliphatic carbocycles. The van der Waals surface area contributed by atoms with Crippen molar-refractivity contribution in [2.75, 3.05) is 5.32 Å². The van der Waals surface area contributed by atoms with Gasteiger partial charge in [-0.15, -0.1) is 0 Å². The Kier molecular flexibility index (Phi) is 2.84. The van der Waals surface area contributed by atoms with Gasteiger partial charge in [0.1, 0.15) is 0 Å². The number of hydrogen-bond donors (Lipinski definition) is 1. The van der Waals surface area contributed by atoms with Gasteiger partial charge in [0, 0.05) is 11.3 Å². The van der Waals surface area contributed by atoms with Gasteiger partial charge in [0.15, 0.2) is 0 Å². The first-order chi connectivity index (χ1) is 7.42. The van der Waals surface area contributed by atoms with Crippen LogP contribution >= 0.6 is 0 Å². The van der Waals surface area contributed by atoms with Crippen LogP contribution in [0.1, 0.15) is 0 Å². The molecule has 0 aliphatic rings. The maximum Gasteiger partial charge on any atom is 0.0459 e. The van der Waals surface area contributed by atoms with Gasteiger partial charge < -0.3 is 5.32 Å². The molecule has 0 aliphatic heterocycles. The summed E-state index contributed by atoms with van der Waals surface area (Å²) in [5.74, 6) is 0. The molecule has 0 bridgehead atoms. The van der Waals surface area contributed by atoms with Gasteiger partial charge in [0.25, 0.3) is 0 Å². The zero-order chi connectivity index (χ0) is 10.5. The van der Waals surface area contributed by atoms with Crippen LogP contribution in [-0.4, -0.2) is 0 Å². The van der Waals surface area contributed by atoms with Gasteiger partial charge in [-0.3, -0.25) is 0 Å². The molecule has 0 spiro atoms. The SMILES string of the molecule is C=CNc1ccccc1-c1ccccc1. The summed E-state index contributed by atoms with van der Waals surface area (Å²) in [7, 11) is 0. The predicted molar refractivity (Wildman–Crippen MR) is 65.7 cm³/mol. The molecule has 2 rings (SSSR count). The van der Waals surface area contributed by atoms with Crippen LogP contribution in [0.3, 0.4) is 0 Å². The Morgan fingerprint density at radius 2 is 1.53 bits per heavy atom. The lowest BCUT2D eigenvalue weighted by molar-refractivity contribution is 1.56. The largest absolute Gasteiger partial charge is 0.362 e. The minimum Gasteiger partial charge on any atom is -0.362 e. The molecule has 1 heteroatoms. The molecule has 0 radical (unpaired) electrons. The predicted octanol–water partition coefficient (Wildman–Crippen LogP) is 3.91. The number of benzene rings is 2. The molecule has 0 fully saturated rings.